The molecule has 2 rings (SSSR count). The number of unbranched alkanes of at least 4 members (excludes halogenated alkanes) is 1. The summed E-state index contributed by atoms with van der Waals surface area (Å²) < 4.78 is 1.77. The van der Waals surface area contributed by atoms with Crippen molar-refractivity contribution >= 4 is 17.3 Å². The molecule has 0 spiro atoms. The average molecular weight is 291 g/mol. The summed E-state index contributed by atoms with van der Waals surface area (Å²) in [5.74, 6) is 0.738. The maximum atomic E-state index is 9.06. The van der Waals surface area contributed by atoms with Gasteiger partial charge in [-0.15, -0.1) is 5.10 Å². The molecule has 0 aliphatic carbocycles. The van der Waals surface area contributed by atoms with Crippen LogP contribution >= 0.6 is 11.6 Å². The molecule has 6 nitrogen and oxygen atoms in total. The smallest absolute Gasteiger partial charge is 0.170 e. The van der Waals surface area contributed by atoms with Gasteiger partial charge in [0.2, 0.25) is 0 Å². The van der Waals surface area contributed by atoms with E-state index < -0.39 is 0 Å². The third-order valence-corrected chi connectivity index (χ3v) is 3.10. The van der Waals surface area contributed by atoms with Crippen molar-refractivity contribution in [1.82, 2.24) is 20.2 Å². The standard InChI is InChI=1S/C13H15ClN6/c1-2-3-6-20-13(17-18-19-20)9-16-12-7-11(14)5-4-10(12)8-15/h4-5,7,16H,2-3,6,9H2,1H3. The van der Waals surface area contributed by atoms with E-state index in [0.717, 1.165) is 25.2 Å². The van der Waals surface area contributed by atoms with Gasteiger partial charge < -0.3 is 5.32 Å². The number of hydrogen-bond donors (Lipinski definition) is 1. The number of nitrogens with zero attached hydrogens (tertiary/aromatic N) is 5. The van der Waals surface area contributed by atoms with Crippen molar-refractivity contribution in [3.8, 4) is 6.07 Å². The largest absolute Gasteiger partial charge is 0.377 e. The maximum Gasteiger partial charge on any atom is 0.170 e. The molecule has 7 heteroatoms. The molecule has 1 N–H and O–H groups in total. The van der Waals surface area contributed by atoms with Gasteiger partial charge in [-0.25, -0.2) is 4.68 Å². The lowest BCUT2D eigenvalue weighted by atomic mass is 10.2. The Hall–Kier alpha value is -2.13. The van der Waals surface area contributed by atoms with Gasteiger partial charge in [-0.2, -0.15) is 5.26 Å². The number of anilines is 1. The highest BCUT2D eigenvalue weighted by Gasteiger charge is 2.07. The Labute approximate surface area is 122 Å². The van der Waals surface area contributed by atoms with Crippen molar-refractivity contribution in [2.75, 3.05) is 5.32 Å². The molecule has 2 aromatic rings. The van der Waals surface area contributed by atoms with Crippen molar-refractivity contribution < 1.29 is 0 Å². The van der Waals surface area contributed by atoms with Crippen LogP contribution in [0.4, 0.5) is 5.69 Å². The number of tetrazole rings is 1. The zero-order valence-electron chi connectivity index (χ0n) is 11.2. The third-order valence-electron chi connectivity index (χ3n) is 2.87. The van der Waals surface area contributed by atoms with Gasteiger partial charge in [0, 0.05) is 11.6 Å². The lowest BCUT2D eigenvalue weighted by Gasteiger charge is -2.08. The predicted molar refractivity (Wildman–Crippen MR) is 76.2 cm³/mol. The summed E-state index contributed by atoms with van der Waals surface area (Å²) >= 11 is 5.94. The van der Waals surface area contributed by atoms with Crippen LogP contribution in [0.3, 0.4) is 0 Å². The molecule has 0 amide bonds. The fourth-order valence-electron chi connectivity index (χ4n) is 1.77. The van der Waals surface area contributed by atoms with Gasteiger partial charge in [0.1, 0.15) is 6.07 Å². The molecule has 1 aromatic heterocycles. The van der Waals surface area contributed by atoms with E-state index in [1.807, 2.05) is 0 Å². The van der Waals surface area contributed by atoms with Gasteiger partial charge >= 0.3 is 0 Å². The summed E-state index contributed by atoms with van der Waals surface area (Å²) in [6, 6.07) is 7.22. The summed E-state index contributed by atoms with van der Waals surface area (Å²) in [7, 11) is 0. The molecule has 1 aromatic carbocycles. The van der Waals surface area contributed by atoms with Gasteiger partial charge in [-0.1, -0.05) is 24.9 Å². The Balaban J connectivity index is 2.07. The van der Waals surface area contributed by atoms with E-state index in [9.17, 15) is 0 Å². The molecular weight excluding hydrogens is 276 g/mol. The maximum absolute atomic E-state index is 9.06. The highest BCUT2D eigenvalue weighted by atomic mass is 35.5. The Morgan fingerprint density at radius 2 is 2.30 bits per heavy atom. The molecular formula is C13H15ClN6. The Morgan fingerprint density at radius 3 is 3.05 bits per heavy atom. The molecule has 0 unspecified atom stereocenters. The molecule has 0 atom stereocenters. The lowest BCUT2D eigenvalue weighted by Crippen LogP contribution is -2.11. The first kappa shape index (κ1) is 14.3. The van der Waals surface area contributed by atoms with Crippen molar-refractivity contribution in [2.45, 2.75) is 32.9 Å². The minimum Gasteiger partial charge on any atom is -0.377 e. The minimum absolute atomic E-state index is 0.450. The number of aromatic nitrogens is 4. The first-order valence-corrected chi connectivity index (χ1v) is 6.81. The van der Waals surface area contributed by atoms with Gasteiger partial charge in [0.25, 0.3) is 0 Å². The predicted octanol–water partition coefficient (Wildman–Crippen LogP) is 2.61. The lowest BCUT2D eigenvalue weighted by molar-refractivity contribution is 0.535. The van der Waals surface area contributed by atoms with Crippen molar-refractivity contribution in [3.05, 3.63) is 34.6 Å². The molecule has 0 saturated carbocycles. The Morgan fingerprint density at radius 1 is 1.45 bits per heavy atom. The number of nitriles is 1. The first-order chi connectivity index (χ1) is 9.74. The molecule has 104 valence electrons. The van der Waals surface area contributed by atoms with Crippen LogP contribution in [0.2, 0.25) is 5.02 Å². The van der Waals surface area contributed by atoms with E-state index in [1.165, 1.54) is 0 Å². The zero-order valence-corrected chi connectivity index (χ0v) is 11.9. The van der Waals surface area contributed by atoms with E-state index in [1.54, 1.807) is 22.9 Å². The molecule has 0 fully saturated rings. The number of rotatable bonds is 6. The van der Waals surface area contributed by atoms with E-state index in [2.05, 4.69) is 33.8 Å². The second-order valence-electron chi connectivity index (χ2n) is 4.33. The van der Waals surface area contributed by atoms with Crippen LogP contribution in [0.1, 0.15) is 31.2 Å². The van der Waals surface area contributed by atoms with Crippen molar-refractivity contribution in [2.24, 2.45) is 0 Å². The van der Waals surface area contributed by atoms with Crippen molar-refractivity contribution in [1.29, 1.82) is 5.26 Å². The average Bonchev–Trinajstić information content (AvgIpc) is 2.90. The summed E-state index contributed by atoms with van der Waals surface area (Å²) in [4.78, 5) is 0. The topological polar surface area (TPSA) is 79.4 Å². The summed E-state index contributed by atoms with van der Waals surface area (Å²) in [6.07, 6.45) is 2.11. The van der Waals surface area contributed by atoms with E-state index in [4.69, 9.17) is 16.9 Å². The Bertz CT molecular complexity index is 616. The van der Waals surface area contributed by atoms with Crippen LogP contribution in [0.15, 0.2) is 18.2 Å². The quantitative estimate of drug-likeness (QED) is 0.884. The number of aryl methyl sites for hydroxylation is 1. The van der Waals surface area contributed by atoms with Crippen molar-refractivity contribution in [3.63, 3.8) is 0 Å². The fourth-order valence-corrected chi connectivity index (χ4v) is 1.94. The second-order valence-corrected chi connectivity index (χ2v) is 4.76. The number of hydrogen-bond acceptors (Lipinski definition) is 5. The van der Waals surface area contributed by atoms with Gasteiger partial charge in [-0.3, -0.25) is 0 Å². The Kier molecular flexibility index (Phi) is 4.91. The number of halogens is 1. The van der Waals surface area contributed by atoms with Crippen LogP contribution in [-0.4, -0.2) is 20.2 Å². The van der Waals surface area contributed by atoms with Crippen LogP contribution in [0.5, 0.6) is 0 Å². The van der Waals surface area contributed by atoms with Crippen LogP contribution in [0.25, 0.3) is 0 Å². The highest BCUT2D eigenvalue weighted by Crippen LogP contribution is 2.20. The fraction of sp³-hybridized carbons (Fsp3) is 0.385. The summed E-state index contributed by atoms with van der Waals surface area (Å²) in [5.41, 5.74) is 1.23. The van der Waals surface area contributed by atoms with Gasteiger partial charge in [0.05, 0.1) is 17.8 Å². The number of benzene rings is 1. The van der Waals surface area contributed by atoms with Crippen LogP contribution in [0, 0.1) is 11.3 Å². The molecule has 0 bridgehead atoms. The zero-order chi connectivity index (χ0) is 14.4. The summed E-state index contributed by atoms with van der Waals surface area (Å²) in [6.45, 7) is 3.36. The molecule has 0 radical (unpaired) electrons. The highest BCUT2D eigenvalue weighted by molar-refractivity contribution is 6.30. The normalized spacial score (nSPS) is 10.2. The van der Waals surface area contributed by atoms with E-state index in [-0.39, 0.29) is 0 Å². The molecule has 1 heterocycles. The second kappa shape index (κ2) is 6.87. The minimum atomic E-state index is 0.450. The van der Waals surface area contributed by atoms with E-state index >= 15 is 0 Å². The van der Waals surface area contributed by atoms with Gasteiger partial charge in [0.15, 0.2) is 5.82 Å². The van der Waals surface area contributed by atoms with Gasteiger partial charge in [-0.05, 0) is 35.0 Å². The number of nitrogens with one attached hydrogen (secondary N) is 1. The van der Waals surface area contributed by atoms with Crippen LogP contribution < -0.4 is 5.32 Å². The SMILES string of the molecule is CCCCn1nnnc1CNc1cc(Cl)ccc1C#N. The summed E-state index contributed by atoms with van der Waals surface area (Å²) in [5, 5.41) is 24.4. The molecule has 0 aliphatic rings. The third kappa shape index (κ3) is 3.45. The molecule has 0 aliphatic heterocycles. The van der Waals surface area contributed by atoms with E-state index in [0.29, 0.717) is 22.8 Å². The first-order valence-electron chi connectivity index (χ1n) is 6.43. The van der Waals surface area contributed by atoms with Crippen LogP contribution in [-0.2, 0) is 13.1 Å². The molecule has 20 heavy (non-hydrogen) atoms. The monoisotopic (exact) mass is 290 g/mol. The molecule has 0 saturated heterocycles.